The highest BCUT2D eigenvalue weighted by Gasteiger charge is 2.39. The fourth-order valence-electron chi connectivity index (χ4n) is 3.96. The summed E-state index contributed by atoms with van der Waals surface area (Å²) in [7, 11) is 0. The Labute approximate surface area is 172 Å². The maximum Gasteiger partial charge on any atom is 0.405 e. The van der Waals surface area contributed by atoms with Crippen molar-refractivity contribution in [1.82, 2.24) is 4.98 Å². The first-order chi connectivity index (χ1) is 13.3. The third-order valence-electron chi connectivity index (χ3n) is 4.98. The van der Waals surface area contributed by atoms with Crippen molar-refractivity contribution < 1.29 is 13.2 Å². The SMILES string of the molecule is O=c1cc(CCl)c2c3c(ccc2[nH]1)N(CC(F)(F)F)C(c1cccc(Br)c1)C3. The Morgan fingerprint density at radius 3 is 2.68 bits per heavy atom. The summed E-state index contributed by atoms with van der Waals surface area (Å²) >= 11 is 9.44. The average molecular weight is 472 g/mol. The van der Waals surface area contributed by atoms with Crippen LogP contribution in [0.5, 0.6) is 0 Å². The summed E-state index contributed by atoms with van der Waals surface area (Å²) in [6.45, 7) is -1.05. The van der Waals surface area contributed by atoms with Crippen molar-refractivity contribution in [2.24, 2.45) is 0 Å². The van der Waals surface area contributed by atoms with Gasteiger partial charge in [-0.2, -0.15) is 13.2 Å². The molecular formula is C20H15BrClF3N2O. The van der Waals surface area contributed by atoms with E-state index in [0.717, 1.165) is 21.0 Å². The second kappa shape index (κ2) is 7.12. The predicted octanol–water partition coefficient (Wildman–Crippen LogP) is 5.70. The Hall–Kier alpha value is -1.99. The van der Waals surface area contributed by atoms with Crippen molar-refractivity contribution in [3.8, 4) is 0 Å². The molecule has 1 N–H and O–H groups in total. The molecular weight excluding hydrogens is 457 g/mol. The Kier molecular flexibility index (Phi) is 4.91. The Morgan fingerprint density at radius 1 is 1.21 bits per heavy atom. The van der Waals surface area contributed by atoms with Crippen LogP contribution in [0.25, 0.3) is 10.9 Å². The van der Waals surface area contributed by atoms with Gasteiger partial charge in [-0.1, -0.05) is 28.1 Å². The molecule has 0 fully saturated rings. The van der Waals surface area contributed by atoms with Gasteiger partial charge >= 0.3 is 6.18 Å². The van der Waals surface area contributed by atoms with Crippen molar-refractivity contribution in [3.63, 3.8) is 0 Å². The minimum Gasteiger partial charge on any atom is -0.355 e. The van der Waals surface area contributed by atoms with Gasteiger partial charge in [-0.3, -0.25) is 4.79 Å². The van der Waals surface area contributed by atoms with Gasteiger partial charge < -0.3 is 9.88 Å². The first-order valence-electron chi connectivity index (χ1n) is 8.59. The largest absolute Gasteiger partial charge is 0.405 e. The zero-order chi connectivity index (χ0) is 20.1. The summed E-state index contributed by atoms with van der Waals surface area (Å²) in [4.78, 5) is 16.0. The zero-order valence-electron chi connectivity index (χ0n) is 14.5. The number of aromatic nitrogens is 1. The smallest absolute Gasteiger partial charge is 0.355 e. The molecule has 4 rings (SSSR count). The lowest BCUT2D eigenvalue weighted by Gasteiger charge is -2.29. The van der Waals surface area contributed by atoms with Crippen LogP contribution in [0, 0.1) is 0 Å². The van der Waals surface area contributed by atoms with E-state index in [2.05, 4.69) is 20.9 Å². The lowest BCUT2D eigenvalue weighted by molar-refractivity contribution is -0.120. The minimum absolute atomic E-state index is 0.109. The minimum atomic E-state index is -4.35. The summed E-state index contributed by atoms with van der Waals surface area (Å²) in [5.41, 5.74) is 3.02. The van der Waals surface area contributed by atoms with E-state index in [1.165, 1.54) is 11.0 Å². The summed E-state index contributed by atoms with van der Waals surface area (Å²) in [6.07, 6.45) is -3.95. The van der Waals surface area contributed by atoms with E-state index < -0.39 is 18.8 Å². The fourth-order valence-corrected chi connectivity index (χ4v) is 4.59. The molecule has 3 nitrogen and oxygen atoms in total. The van der Waals surface area contributed by atoms with Crippen molar-refractivity contribution in [1.29, 1.82) is 0 Å². The molecule has 0 aliphatic carbocycles. The zero-order valence-corrected chi connectivity index (χ0v) is 16.8. The third-order valence-corrected chi connectivity index (χ3v) is 5.76. The second-order valence-electron chi connectivity index (χ2n) is 6.80. The van der Waals surface area contributed by atoms with Crippen LogP contribution in [-0.4, -0.2) is 17.7 Å². The molecule has 1 unspecified atom stereocenters. The van der Waals surface area contributed by atoms with E-state index in [4.69, 9.17) is 11.6 Å². The molecule has 0 radical (unpaired) electrons. The van der Waals surface area contributed by atoms with Gasteiger partial charge in [0.05, 0.1) is 6.04 Å². The third kappa shape index (κ3) is 3.53. The normalized spacial score (nSPS) is 16.6. The monoisotopic (exact) mass is 470 g/mol. The van der Waals surface area contributed by atoms with Gasteiger partial charge in [-0.05, 0) is 47.4 Å². The maximum atomic E-state index is 13.4. The van der Waals surface area contributed by atoms with E-state index in [9.17, 15) is 18.0 Å². The van der Waals surface area contributed by atoms with Crippen LogP contribution < -0.4 is 10.5 Å². The molecule has 1 aliphatic heterocycles. The fraction of sp³-hybridized carbons (Fsp3) is 0.250. The molecule has 146 valence electrons. The number of alkyl halides is 4. The number of H-pyrrole nitrogens is 1. The van der Waals surface area contributed by atoms with E-state index >= 15 is 0 Å². The Morgan fingerprint density at radius 2 is 2.00 bits per heavy atom. The van der Waals surface area contributed by atoms with Gasteiger partial charge in [-0.15, -0.1) is 11.6 Å². The summed E-state index contributed by atoms with van der Waals surface area (Å²) in [5, 5.41) is 0.733. The van der Waals surface area contributed by atoms with Crippen LogP contribution in [0.4, 0.5) is 18.9 Å². The molecule has 0 bridgehead atoms. The molecule has 0 spiro atoms. The molecule has 2 heterocycles. The van der Waals surface area contributed by atoms with Gasteiger partial charge in [0, 0.05) is 33.0 Å². The van der Waals surface area contributed by atoms with Crippen LogP contribution in [-0.2, 0) is 12.3 Å². The van der Waals surface area contributed by atoms with Gasteiger partial charge in [0.15, 0.2) is 0 Å². The van der Waals surface area contributed by atoms with Crippen LogP contribution in [0.2, 0.25) is 0 Å². The Bertz CT molecular complexity index is 1110. The van der Waals surface area contributed by atoms with Crippen molar-refractivity contribution in [2.45, 2.75) is 24.5 Å². The highest BCUT2D eigenvalue weighted by atomic mass is 79.9. The van der Waals surface area contributed by atoms with Crippen LogP contribution >= 0.6 is 27.5 Å². The molecule has 1 aromatic heterocycles. The molecule has 0 saturated carbocycles. The molecule has 0 amide bonds. The highest BCUT2D eigenvalue weighted by Crippen LogP contribution is 2.45. The molecule has 3 aromatic rings. The van der Waals surface area contributed by atoms with Crippen LogP contribution in [0.1, 0.15) is 22.7 Å². The number of hydrogen-bond acceptors (Lipinski definition) is 2. The number of nitrogens with one attached hydrogen (secondary N) is 1. The molecule has 8 heteroatoms. The van der Waals surface area contributed by atoms with Crippen LogP contribution in [0.3, 0.4) is 0 Å². The summed E-state index contributed by atoms with van der Waals surface area (Å²) in [6, 6.07) is 11.6. The number of fused-ring (bicyclic) bond motifs is 3. The second-order valence-corrected chi connectivity index (χ2v) is 7.98. The van der Waals surface area contributed by atoms with Crippen LogP contribution in [0.15, 0.2) is 51.7 Å². The molecule has 0 saturated heterocycles. The van der Waals surface area contributed by atoms with E-state index in [1.807, 2.05) is 24.3 Å². The van der Waals surface area contributed by atoms with Crippen molar-refractivity contribution in [3.05, 3.63) is 74.0 Å². The van der Waals surface area contributed by atoms with Crippen molar-refractivity contribution in [2.75, 3.05) is 11.4 Å². The maximum absolute atomic E-state index is 13.4. The molecule has 2 aromatic carbocycles. The van der Waals surface area contributed by atoms with Gasteiger partial charge in [0.25, 0.3) is 0 Å². The van der Waals surface area contributed by atoms with Gasteiger partial charge in [0.1, 0.15) is 6.54 Å². The Balaban J connectivity index is 1.93. The molecule has 1 atom stereocenters. The van der Waals surface area contributed by atoms with E-state index in [-0.39, 0.29) is 11.4 Å². The lowest BCUT2D eigenvalue weighted by atomic mass is 9.98. The molecule has 28 heavy (non-hydrogen) atoms. The van der Waals surface area contributed by atoms with E-state index in [1.54, 1.807) is 12.1 Å². The predicted molar refractivity (Wildman–Crippen MR) is 108 cm³/mol. The number of hydrogen-bond donors (Lipinski definition) is 1. The lowest BCUT2D eigenvalue weighted by Crippen LogP contribution is -2.35. The number of rotatable bonds is 3. The number of halogens is 5. The first-order valence-corrected chi connectivity index (χ1v) is 9.92. The topological polar surface area (TPSA) is 36.1 Å². The first kappa shape index (κ1) is 19.3. The number of pyridine rings is 1. The van der Waals surface area contributed by atoms with Gasteiger partial charge in [0.2, 0.25) is 5.56 Å². The standard InChI is InChI=1S/C20H15BrClF3N2O/c21-13-3-1-2-11(6-13)17-8-14-16(27(17)10-20(23,24)25)5-4-15-19(14)12(9-22)7-18(28)26-15/h1-7,17H,8-10H2,(H,26,28). The van der Waals surface area contributed by atoms with Gasteiger partial charge in [-0.25, -0.2) is 0 Å². The average Bonchev–Trinajstić information content (AvgIpc) is 2.97. The number of aromatic amines is 1. The van der Waals surface area contributed by atoms with Crippen molar-refractivity contribution >= 4 is 44.1 Å². The van der Waals surface area contributed by atoms with E-state index in [0.29, 0.717) is 23.2 Å². The highest BCUT2D eigenvalue weighted by molar-refractivity contribution is 9.10. The summed E-state index contributed by atoms with van der Waals surface area (Å²) < 4.78 is 40.9. The summed E-state index contributed by atoms with van der Waals surface area (Å²) in [5.74, 6) is 0.109. The quantitative estimate of drug-likeness (QED) is 0.498. The number of nitrogens with zero attached hydrogens (tertiary/aromatic N) is 1. The number of anilines is 1. The molecule has 1 aliphatic rings. The number of benzene rings is 2.